The Hall–Kier alpha value is -1.37. The average Bonchev–Trinajstić information content (AvgIpc) is 2.33. The first-order valence-electron chi connectivity index (χ1n) is 4.90. The summed E-state index contributed by atoms with van der Waals surface area (Å²) in [7, 11) is 1.31. The van der Waals surface area contributed by atoms with E-state index in [1.807, 2.05) is 0 Å². The standard InChI is InChI=1S/C11H6Cl2FNO3S/c12-9-3-1-7(5-10(9)14)18-11-4-2-8(6-15-11)19(13,16)17/h1-6H. The van der Waals surface area contributed by atoms with Crippen LogP contribution in [0, 0.1) is 5.82 Å². The fourth-order valence-electron chi connectivity index (χ4n) is 1.23. The van der Waals surface area contributed by atoms with Crippen LogP contribution in [0.1, 0.15) is 0 Å². The van der Waals surface area contributed by atoms with Gasteiger partial charge in [0.2, 0.25) is 5.88 Å². The second kappa shape index (κ2) is 5.32. The van der Waals surface area contributed by atoms with Gasteiger partial charge in [-0.2, -0.15) is 0 Å². The lowest BCUT2D eigenvalue weighted by molar-refractivity contribution is 0.457. The van der Waals surface area contributed by atoms with Gasteiger partial charge in [0, 0.05) is 22.8 Å². The molecule has 0 fully saturated rings. The maximum atomic E-state index is 13.2. The molecule has 0 spiro atoms. The summed E-state index contributed by atoms with van der Waals surface area (Å²) < 4.78 is 40.4. The monoisotopic (exact) mass is 321 g/mol. The minimum absolute atomic E-state index is 0.0242. The minimum Gasteiger partial charge on any atom is -0.439 e. The zero-order chi connectivity index (χ0) is 14.0. The molecule has 0 saturated carbocycles. The number of hydrogen-bond donors (Lipinski definition) is 0. The molecule has 1 aromatic carbocycles. The number of halogens is 3. The van der Waals surface area contributed by atoms with E-state index in [9.17, 15) is 12.8 Å². The molecule has 0 N–H and O–H groups in total. The number of ether oxygens (including phenoxy) is 1. The molecule has 0 radical (unpaired) electrons. The minimum atomic E-state index is -3.83. The molecule has 2 aromatic rings. The fraction of sp³-hybridized carbons (Fsp3) is 0. The van der Waals surface area contributed by atoms with Crippen molar-refractivity contribution < 1.29 is 17.5 Å². The summed E-state index contributed by atoms with van der Waals surface area (Å²) in [6.07, 6.45) is 1.05. The Morgan fingerprint density at radius 1 is 1.21 bits per heavy atom. The third-order valence-electron chi connectivity index (χ3n) is 2.10. The molecule has 0 aliphatic rings. The molecule has 0 atom stereocenters. The summed E-state index contributed by atoms with van der Waals surface area (Å²) in [5.74, 6) is -0.333. The van der Waals surface area contributed by atoms with E-state index in [0.29, 0.717) is 0 Å². The molecule has 1 aromatic heterocycles. The summed E-state index contributed by atoms with van der Waals surface area (Å²) in [6.45, 7) is 0. The van der Waals surface area contributed by atoms with Gasteiger partial charge in [-0.05, 0) is 18.2 Å². The topological polar surface area (TPSA) is 56.3 Å². The Morgan fingerprint density at radius 2 is 1.95 bits per heavy atom. The van der Waals surface area contributed by atoms with Crippen molar-refractivity contribution in [1.29, 1.82) is 0 Å². The zero-order valence-corrected chi connectivity index (χ0v) is 11.5. The summed E-state index contributed by atoms with van der Waals surface area (Å²) in [6, 6.07) is 6.43. The van der Waals surface area contributed by atoms with Crippen LogP contribution < -0.4 is 4.74 Å². The number of benzene rings is 1. The van der Waals surface area contributed by atoms with Crippen molar-refractivity contribution in [3.05, 3.63) is 47.4 Å². The highest BCUT2D eigenvalue weighted by Gasteiger charge is 2.11. The van der Waals surface area contributed by atoms with Crippen LogP contribution in [-0.4, -0.2) is 13.4 Å². The first-order valence-corrected chi connectivity index (χ1v) is 7.58. The Morgan fingerprint density at radius 3 is 2.47 bits per heavy atom. The van der Waals surface area contributed by atoms with Gasteiger partial charge in [-0.25, -0.2) is 17.8 Å². The van der Waals surface area contributed by atoms with Crippen LogP contribution in [0.3, 0.4) is 0 Å². The van der Waals surface area contributed by atoms with Crippen LogP contribution in [0.5, 0.6) is 11.6 Å². The maximum Gasteiger partial charge on any atom is 0.262 e. The Bertz CT molecular complexity index is 704. The molecule has 0 amide bonds. The zero-order valence-electron chi connectivity index (χ0n) is 9.18. The predicted octanol–water partition coefficient (Wildman–Crippen LogP) is 3.59. The van der Waals surface area contributed by atoms with Crippen molar-refractivity contribution in [2.75, 3.05) is 0 Å². The smallest absolute Gasteiger partial charge is 0.262 e. The second-order valence-electron chi connectivity index (χ2n) is 3.45. The van der Waals surface area contributed by atoms with E-state index >= 15 is 0 Å². The van der Waals surface area contributed by atoms with E-state index in [1.54, 1.807) is 0 Å². The van der Waals surface area contributed by atoms with Crippen molar-refractivity contribution >= 4 is 31.3 Å². The Balaban J connectivity index is 2.22. The van der Waals surface area contributed by atoms with Crippen LogP contribution in [0.4, 0.5) is 4.39 Å². The van der Waals surface area contributed by atoms with Crippen LogP contribution in [-0.2, 0) is 9.05 Å². The van der Waals surface area contributed by atoms with Gasteiger partial charge in [-0.1, -0.05) is 11.6 Å². The molecule has 0 saturated heterocycles. The predicted molar refractivity (Wildman–Crippen MR) is 68.8 cm³/mol. The number of aromatic nitrogens is 1. The number of pyridine rings is 1. The Kier molecular flexibility index (Phi) is 3.93. The molecular formula is C11H6Cl2FNO3S. The molecule has 19 heavy (non-hydrogen) atoms. The fourth-order valence-corrected chi connectivity index (χ4v) is 2.03. The van der Waals surface area contributed by atoms with Crippen LogP contribution >= 0.6 is 22.3 Å². The van der Waals surface area contributed by atoms with E-state index in [2.05, 4.69) is 4.98 Å². The molecule has 0 bridgehead atoms. The number of hydrogen-bond acceptors (Lipinski definition) is 4. The van der Waals surface area contributed by atoms with E-state index in [1.165, 1.54) is 24.3 Å². The van der Waals surface area contributed by atoms with Crippen LogP contribution in [0.25, 0.3) is 0 Å². The van der Waals surface area contributed by atoms with Gasteiger partial charge >= 0.3 is 0 Å². The lowest BCUT2D eigenvalue weighted by Gasteiger charge is -2.05. The highest BCUT2D eigenvalue weighted by molar-refractivity contribution is 8.13. The number of rotatable bonds is 3. The van der Waals surface area contributed by atoms with Gasteiger partial charge in [0.05, 0.1) is 11.2 Å². The third-order valence-corrected chi connectivity index (χ3v) is 3.75. The molecule has 2 rings (SSSR count). The summed E-state index contributed by atoms with van der Waals surface area (Å²) in [4.78, 5) is 3.60. The summed E-state index contributed by atoms with van der Waals surface area (Å²) in [5, 5.41) is -0.0242. The molecule has 100 valence electrons. The normalized spacial score (nSPS) is 11.3. The molecule has 0 aliphatic heterocycles. The van der Waals surface area contributed by atoms with Gasteiger partial charge in [-0.15, -0.1) is 0 Å². The third kappa shape index (κ3) is 3.56. The van der Waals surface area contributed by atoms with Gasteiger partial charge in [-0.3, -0.25) is 0 Å². The lowest BCUT2D eigenvalue weighted by atomic mass is 10.3. The first kappa shape index (κ1) is 14.0. The van der Waals surface area contributed by atoms with E-state index < -0.39 is 14.9 Å². The van der Waals surface area contributed by atoms with E-state index in [4.69, 9.17) is 27.0 Å². The Labute approximate surface area is 118 Å². The largest absolute Gasteiger partial charge is 0.439 e. The van der Waals surface area contributed by atoms with Crippen LogP contribution in [0.15, 0.2) is 41.4 Å². The molecule has 8 heteroatoms. The van der Waals surface area contributed by atoms with E-state index in [0.717, 1.165) is 12.3 Å². The average molecular weight is 322 g/mol. The quantitative estimate of drug-likeness (QED) is 0.810. The molecule has 0 unspecified atom stereocenters. The SMILES string of the molecule is O=S(=O)(Cl)c1ccc(Oc2ccc(Cl)c(F)c2)nc1. The summed E-state index contributed by atoms with van der Waals surface area (Å²) in [5.41, 5.74) is 0. The molecule has 4 nitrogen and oxygen atoms in total. The van der Waals surface area contributed by atoms with Crippen molar-refractivity contribution in [2.24, 2.45) is 0 Å². The second-order valence-corrected chi connectivity index (χ2v) is 6.42. The maximum absolute atomic E-state index is 13.2. The highest BCUT2D eigenvalue weighted by atomic mass is 35.7. The lowest BCUT2D eigenvalue weighted by Crippen LogP contribution is -1.93. The van der Waals surface area contributed by atoms with Gasteiger partial charge < -0.3 is 4.74 Å². The van der Waals surface area contributed by atoms with Crippen molar-refractivity contribution in [1.82, 2.24) is 4.98 Å². The molecule has 0 aliphatic carbocycles. The van der Waals surface area contributed by atoms with Crippen molar-refractivity contribution in [2.45, 2.75) is 4.90 Å². The van der Waals surface area contributed by atoms with Crippen molar-refractivity contribution in [3.63, 3.8) is 0 Å². The molecule has 1 heterocycles. The van der Waals surface area contributed by atoms with Gasteiger partial charge in [0.25, 0.3) is 9.05 Å². The first-order chi connectivity index (χ1) is 8.86. The highest BCUT2D eigenvalue weighted by Crippen LogP contribution is 2.25. The van der Waals surface area contributed by atoms with Crippen molar-refractivity contribution in [3.8, 4) is 11.6 Å². The van der Waals surface area contributed by atoms with Crippen LogP contribution in [0.2, 0.25) is 5.02 Å². The molecular weight excluding hydrogens is 316 g/mol. The van der Waals surface area contributed by atoms with Gasteiger partial charge in [0.15, 0.2) is 0 Å². The number of nitrogens with zero attached hydrogens (tertiary/aromatic N) is 1. The van der Waals surface area contributed by atoms with Gasteiger partial charge in [0.1, 0.15) is 16.5 Å². The summed E-state index contributed by atoms with van der Waals surface area (Å²) >= 11 is 5.53. The van der Waals surface area contributed by atoms with E-state index in [-0.39, 0.29) is 21.5 Å².